The highest BCUT2D eigenvalue weighted by Gasteiger charge is 2.36. The summed E-state index contributed by atoms with van der Waals surface area (Å²) in [5.41, 5.74) is 0.761. The Morgan fingerprint density at radius 3 is 3.10 bits per heavy atom. The molecule has 0 aliphatic carbocycles. The van der Waals surface area contributed by atoms with Crippen molar-refractivity contribution in [1.82, 2.24) is 4.98 Å². The number of anilines is 2. The van der Waals surface area contributed by atoms with Gasteiger partial charge in [-0.15, -0.1) is 11.8 Å². The largest absolute Gasteiger partial charge is 0.362 e. The Morgan fingerprint density at radius 2 is 2.35 bits per heavy atom. The third-order valence-electron chi connectivity index (χ3n) is 3.44. The van der Waals surface area contributed by atoms with Gasteiger partial charge in [-0.25, -0.2) is 4.98 Å². The summed E-state index contributed by atoms with van der Waals surface area (Å²) in [6, 6.07) is 3.87. The highest BCUT2D eigenvalue weighted by atomic mass is 32.2. The summed E-state index contributed by atoms with van der Waals surface area (Å²) in [7, 11) is 0. The molecule has 0 bridgehead atoms. The highest BCUT2D eigenvalue weighted by Crippen LogP contribution is 2.35. The number of amides is 1. The second kappa shape index (κ2) is 5.48. The van der Waals surface area contributed by atoms with Crippen LogP contribution in [0.4, 0.5) is 11.5 Å². The fourth-order valence-corrected chi connectivity index (χ4v) is 5.16. The van der Waals surface area contributed by atoms with Crippen molar-refractivity contribution in [2.24, 2.45) is 0 Å². The second-order valence-electron chi connectivity index (χ2n) is 5.74. The molecule has 0 saturated carbocycles. The summed E-state index contributed by atoms with van der Waals surface area (Å²) >= 11 is 3.66. The highest BCUT2D eigenvalue weighted by molar-refractivity contribution is 8.07. The Labute approximate surface area is 128 Å². The Hall–Kier alpha value is -0.880. The van der Waals surface area contributed by atoms with Crippen LogP contribution in [0.1, 0.15) is 13.8 Å². The maximum Gasteiger partial charge on any atom is 0.241 e. The van der Waals surface area contributed by atoms with Crippen LogP contribution in [-0.2, 0) is 4.79 Å². The number of thioether (sulfide) groups is 2. The first-order chi connectivity index (χ1) is 9.57. The molecule has 4 nitrogen and oxygen atoms in total. The van der Waals surface area contributed by atoms with Gasteiger partial charge >= 0.3 is 0 Å². The van der Waals surface area contributed by atoms with Crippen LogP contribution in [0, 0.1) is 0 Å². The molecule has 3 rings (SSSR count). The first kappa shape index (κ1) is 14.1. The molecular weight excluding hydrogens is 290 g/mol. The molecule has 1 N–H and O–H groups in total. The summed E-state index contributed by atoms with van der Waals surface area (Å²) < 4.78 is 0. The topological polar surface area (TPSA) is 45.2 Å². The van der Waals surface area contributed by atoms with Gasteiger partial charge in [-0.2, -0.15) is 11.8 Å². The maximum atomic E-state index is 12.8. The molecule has 2 aliphatic rings. The molecule has 20 heavy (non-hydrogen) atoms. The maximum absolute atomic E-state index is 12.8. The Bertz CT molecular complexity index is 515. The summed E-state index contributed by atoms with van der Waals surface area (Å²) in [6.45, 7) is 4.90. The van der Waals surface area contributed by atoms with E-state index >= 15 is 0 Å². The minimum Gasteiger partial charge on any atom is -0.362 e. The lowest BCUT2D eigenvalue weighted by molar-refractivity contribution is -0.118. The van der Waals surface area contributed by atoms with Crippen LogP contribution < -0.4 is 10.2 Å². The van der Waals surface area contributed by atoms with Gasteiger partial charge in [0.15, 0.2) is 0 Å². The van der Waals surface area contributed by atoms with Crippen LogP contribution in [0.3, 0.4) is 0 Å². The Morgan fingerprint density at radius 1 is 1.50 bits per heavy atom. The van der Waals surface area contributed by atoms with Gasteiger partial charge in [-0.1, -0.05) is 0 Å². The van der Waals surface area contributed by atoms with Crippen LogP contribution in [-0.4, -0.2) is 45.5 Å². The van der Waals surface area contributed by atoms with E-state index in [4.69, 9.17) is 0 Å². The van der Waals surface area contributed by atoms with Crippen molar-refractivity contribution >= 4 is 40.9 Å². The zero-order valence-corrected chi connectivity index (χ0v) is 13.4. The van der Waals surface area contributed by atoms with E-state index in [-0.39, 0.29) is 16.7 Å². The van der Waals surface area contributed by atoms with Gasteiger partial charge in [0, 0.05) is 30.0 Å². The molecule has 1 unspecified atom stereocenters. The molecule has 108 valence electrons. The van der Waals surface area contributed by atoms with E-state index in [1.165, 1.54) is 0 Å². The van der Waals surface area contributed by atoms with Gasteiger partial charge in [0.25, 0.3) is 0 Å². The molecule has 1 aromatic heterocycles. The van der Waals surface area contributed by atoms with Crippen LogP contribution in [0.25, 0.3) is 0 Å². The predicted octanol–water partition coefficient (Wildman–Crippen LogP) is 2.47. The van der Waals surface area contributed by atoms with Crippen molar-refractivity contribution in [3.05, 3.63) is 18.3 Å². The lowest BCUT2D eigenvalue weighted by atomic mass is 10.0. The normalized spacial score (nSPS) is 24.7. The van der Waals surface area contributed by atoms with E-state index in [1.807, 2.05) is 28.8 Å². The fourth-order valence-electron chi connectivity index (χ4n) is 2.55. The van der Waals surface area contributed by atoms with Crippen LogP contribution in [0.5, 0.6) is 0 Å². The molecule has 1 atom stereocenters. The van der Waals surface area contributed by atoms with Crippen LogP contribution >= 0.6 is 23.5 Å². The van der Waals surface area contributed by atoms with E-state index in [1.54, 1.807) is 18.0 Å². The lowest BCUT2D eigenvalue weighted by Crippen LogP contribution is -2.53. The number of fused-ring (bicyclic) bond motifs is 1. The number of carbonyl (C=O) groups excluding carboxylic acids is 1. The van der Waals surface area contributed by atoms with Crippen molar-refractivity contribution in [2.75, 3.05) is 34.0 Å². The van der Waals surface area contributed by atoms with E-state index in [9.17, 15) is 4.79 Å². The number of nitrogens with one attached hydrogen (secondary N) is 1. The molecule has 6 heteroatoms. The van der Waals surface area contributed by atoms with Gasteiger partial charge in [0.1, 0.15) is 5.82 Å². The van der Waals surface area contributed by atoms with Crippen molar-refractivity contribution in [1.29, 1.82) is 0 Å². The number of pyridine rings is 1. The first-order valence-corrected chi connectivity index (χ1v) is 9.01. The third-order valence-corrected chi connectivity index (χ3v) is 6.19. The van der Waals surface area contributed by atoms with Crippen LogP contribution in [0.15, 0.2) is 18.3 Å². The molecular formula is C14H19N3OS2. The van der Waals surface area contributed by atoms with E-state index in [2.05, 4.69) is 24.1 Å². The fraction of sp³-hybridized carbons (Fsp3) is 0.571. The molecule has 0 spiro atoms. The molecule has 0 radical (unpaired) electrons. The molecule has 1 amide bonds. The number of hydrogen-bond acceptors (Lipinski definition) is 5. The number of hydrogen-bond donors (Lipinski definition) is 1. The van der Waals surface area contributed by atoms with Gasteiger partial charge < -0.3 is 10.2 Å². The average Bonchev–Trinajstić information content (AvgIpc) is 2.45. The number of nitrogens with zero attached hydrogens (tertiary/aromatic N) is 2. The van der Waals surface area contributed by atoms with Gasteiger partial charge in [0.2, 0.25) is 5.91 Å². The average molecular weight is 309 g/mol. The van der Waals surface area contributed by atoms with E-state index in [0.29, 0.717) is 6.54 Å². The number of aromatic nitrogens is 1. The molecule has 0 aromatic carbocycles. The van der Waals surface area contributed by atoms with Crippen molar-refractivity contribution < 1.29 is 4.79 Å². The number of carbonyl (C=O) groups is 1. The molecule has 3 heterocycles. The molecule has 1 fully saturated rings. The smallest absolute Gasteiger partial charge is 0.241 e. The SMILES string of the molecule is CC1(C)CN(C(=O)C2CSCCS2)c2cccnc2N1. The second-order valence-corrected chi connectivity index (χ2v) is 8.20. The molecule has 1 saturated heterocycles. The monoisotopic (exact) mass is 309 g/mol. The van der Waals surface area contributed by atoms with E-state index < -0.39 is 0 Å². The first-order valence-electron chi connectivity index (χ1n) is 6.81. The third kappa shape index (κ3) is 2.76. The Kier molecular flexibility index (Phi) is 3.86. The van der Waals surface area contributed by atoms with Crippen molar-refractivity contribution in [2.45, 2.75) is 24.6 Å². The molecule has 1 aromatic rings. The van der Waals surface area contributed by atoms with Crippen molar-refractivity contribution in [3.63, 3.8) is 0 Å². The van der Waals surface area contributed by atoms with Gasteiger partial charge in [0.05, 0.1) is 16.5 Å². The summed E-state index contributed by atoms with van der Waals surface area (Å²) in [4.78, 5) is 19.1. The zero-order chi connectivity index (χ0) is 14.2. The molecule has 2 aliphatic heterocycles. The van der Waals surface area contributed by atoms with Crippen LogP contribution in [0.2, 0.25) is 0 Å². The number of rotatable bonds is 1. The minimum absolute atomic E-state index is 0.0794. The predicted molar refractivity (Wildman–Crippen MR) is 87.9 cm³/mol. The van der Waals surface area contributed by atoms with Gasteiger partial charge in [-0.05, 0) is 26.0 Å². The Balaban J connectivity index is 1.89. The summed E-state index contributed by atoms with van der Waals surface area (Å²) in [6.07, 6.45) is 1.76. The minimum atomic E-state index is -0.149. The summed E-state index contributed by atoms with van der Waals surface area (Å²) in [5, 5.41) is 3.49. The standard InChI is InChI=1S/C14H19N3OS2/c1-14(2)9-17(10-4-3-5-15-12(10)16-14)13(18)11-8-19-6-7-20-11/h3-5,11H,6-9H2,1-2H3,(H,15,16). The van der Waals surface area contributed by atoms with Crippen molar-refractivity contribution in [3.8, 4) is 0 Å². The van der Waals surface area contributed by atoms with Gasteiger partial charge in [-0.3, -0.25) is 4.79 Å². The van der Waals surface area contributed by atoms with E-state index in [0.717, 1.165) is 28.8 Å². The quantitative estimate of drug-likeness (QED) is 0.863. The zero-order valence-electron chi connectivity index (χ0n) is 11.8. The lowest BCUT2D eigenvalue weighted by Gasteiger charge is -2.41. The summed E-state index contributed by atoms with van der Waals surface area (Å²) in [5.74, 6) is 4.18.